The lowest BCUT2D eigenvalue weighted by Gasteiger charge is -2.03. The zero-order valence-electron chi connectivity index (χ0n) is 4.55. The Bertz CT molecular complexity index is 80.1. The van der Waals surface area contributed by atoms with Crippen LogP contribution in [0.15, 0.2) is 0 Å². The molecule has 1 fully saturated rings. The van der Waals surface area contributed by atoms with E-state index in [0.717, 1.165) is 0 Å². The van der Waals surface area contributed by atoms with Crippen LogP contribution in [0.1, 0.15) is 0 Å². The van der Waals surface area contributed by atoms with Crippen LogP contribution in [0.25, 0.3) is 0 Å². The van der Waals surface area contributed by atoms with Crippen LogP contribution in [-0.2, 0) is 0 Å². The van der Waals surface area contributed by atoms with Crippen molar-refractivity contribution in [2.24, 2.45) is 5.73 Å². The summed E-state index contributed by atoms with van der Waals surface area (Å²) in [6.45, 7) is 0.752. The summed E-state index contributed by atoms with van der Waals surface area (Å²) in [5.74, 6) is 0. The minimum absolute atomic E-state index is 0.279. The molecule has 0 saturated carbocycles. The van der Waals surface area contributed by atoms with Crippen molar-refractivity contribution in [3.05, 3.63) is 0 Å². The number of halogens is 1. The lowest BCUT2D eigenvalue weighted by molar-refractivity contribution is 0.324. The highest BCUT2D eigenvalue weighted by Crippen LogP contribution is 2.07. The molecule has 2 atom stereocenters. The van der Waals surface area contributed by atoms with Crippen molar-refractivity contribution < 1.29 is 4.39 Å². The molecule has 44 valence electrons. The molecule has 8 heavy (non-hydrogen) atoms. The fraction of sp³-hybridized carbons (Fsp3) is 1.00. The van der Waals surface area contributed by atoms with Crippen LogP contribution in [0.4, 0.5) is 4.39 Å². The molecule has 0 spiro atoms. The maximum Gasteiger partial charge on any atom is 0.182 e. The maximum atomic E-state index is 12.3. The predicted molar refractivity (Wildman–Crippen MR) is 30.2 cm³/mol. The first-order valence-corrected chi connectivity index (χ1v) is 2.59. The summed E-state index contributed by atoms with van der Waals surface area (Å²) in [7, 11) is 5.23. The van der Waals surface area contributed by atoms with Crippen molar-refractivity contribution in [3.8, 4) is 0 Å². The molecule has 2 unspecified atom stereocenters. The summed E-state index contributed by atoms with van der Waals surface area (Å²) in [5.41, 5.74) is 5.27. The van der Waals surface area contributed by atoms with E-state index in [2.05, 4.69) is 0 Å². The van der Waals surface area contributed by atoms with Gasteiger partial charge in [-0.2, -0.15) is 0 Å². The monoisotopic (exact) mass is 114 g/mol. The molecule has 1 aliphatic heterocycles. The van der Waals surface area contributed by atoms with Gasteiger partial charge in [0.15, 0.2) is 7.98 Å². The molecule has 1 aliphatic rings. The Labute approximate surface area is 49.3 Å². The van der Waals surface area contributed by atoms with Crippen molar-refractivity contribution >= 4 is 7.98 Å². The Balaban J connectivity index is 2.39. The van der Waals surface area contributed by atoms with Crippen LogP contribution >= 0.6 is 0 Å². The Hall–Kier alpha value is -0.0851. The molecule has 0 aromatic carbocycles. The van der Waals surface area contributed by atoms with Gasteiger partial charge in [-0.05, 0) is 0 Å². The third-order valence-corrected chi connectivity index (χ3v) is 1.32. The summed E-state index contributed by atoms with van der Waals surface area (Å²) < 4.78 is 12.3. The zero-order chi connectivity index (χ0) is 6.15. The highest BCUT2D eigenvalue weighted by molar-refractivity contribution is 6.04. The van der Waals surface area contributed by atoms with Crippen LogP contribution in [0.3, 0.4) is 0 Å². The van der Waals surface area contributed by atoms with E-state index < -0.39 is 6.17 Å². The number of nitrogens with two attached hydrogens (primary N) is 1. The summed E-state index contributed by atoms with van der Waals surface area (Å²) >= 11 is 0. The van der Waals surface area contributed by atoms with E-state index in [9.17, 15) is 4.39 Å². The molecule has 0 aromatic heterocycles. The number of rotatable bonds is 0. The van der Waals surface area contributed by atoms with Gasteiger partial charge in [0.1, 0.15) is 6.17 Å². The van der Waals surface area contributed by atoms with Gasteiger partial charge in [-0.15, -0.1) is 0 Å². The molecule has 1 saturated heterocycles. The number of nitrogens with zero attached hydrogens (tertiary/aromatic N) is 1. The zero-order valence-corrected chi connectivity index (χ0v) is 4.55. The lowest BCUT2D eigenvalue weighted by atomic mass is 10.2. The molecule has 0 aliphatic carbocycles. The van der Waals surface area contributed by atoms with Gasteiger partial charge in [0.25, 0.3) is 0 Å². The Kier molecular flexibility index (Phi) is 1.53. The van der Waals surface area contributed by atoms with Crippen LogP contribution < -0.4 is 5.73 Å². The predicted octanol–water partition coefficient (Wildman–Crippen LogP) is -0.949. The molecular formula is C4H8BFN2. The highest BCUT2D eigenvalue weighted by Gasteiger charge is 2.26. The fourth-order valence-corrected chi connectivity index (χ4v) is 0.819. The van der Waals surface area contributed by atoms with E-state index in [-0.39, 0.29) is 12.6 Å². The van der Waals surface area contributed by atoms with Crippen molar-refractivity contribution in [2.45, 2.75) is 12.2 Å². The number of hydrogen-bond donors (Lipinski definition) is 1. The van der Waals surface area contributed by atoms with Gasteiger partial charge in [-0.25, -0.2) is 4.39 Å². The second kappa shape index (κ2) is 2.03. The molecule has 0 aromatic rings. The normalized spacial score (nSPS) is 40.8. The first-order valence-electron chi connectivity index (χ1n) is 2.59. The average Bonchev–Trinajstić information content (AvgIpc) is 1.85. The molecule has 2 N–H and O–H groups in total. The van der Waals surface area contributed by atoms with Crippen molar-refractivity contribution in [2.75, 3.05) is 13.1 Å². The van der Waals surface area contributed by atoms with Gasteiger partial charge in [0, 0.05) is 19.1 Å². The van der Waals surface area contributed by atoms with Crippen molar-refractivity contribution in [1.29, 1.82) is 0 Å². The van der Waals surface area contributed by atoms with E-state index >= 15 is 0 Å². The SMILES string of the molecule is [B]N1CC(N)C(F)C1. The van der Waals surface area contributed by atoms with E-state index in [4.69, 9.17) is 13.7 Å². The topological polar surface area (TPSA) is 29.3 Å². The number of alkyl halides is 1. The third-order valence-electron chi connectivity index (χ3n) is 1.32. The Morgan fingerprint density at radius 2 is 2.25 bits per heavy atom. The summed E-state index contributed by atoms with van der Waals surface area (Å²) in [4.78, 5) is 1.40. The van der Waals surface area contributed by atoms with Crippen LogP contribution in [0.2, 0.25) is 0 Å². The standard InChI is InChI=1S/C4H8BFN2/c5-8-1-3(6)4(7)2-8/h3-4H,1-2,7H2. The summed E-state index contributed by atoms with van der Waals surface area (Å²) in [5, 5.41) is 0. The molecule has 2 nitrogen and oxygen atoms in total. The van der Waals surface area contributed by atoms with Gasteiger partial charge >= 0.3 is 0 Å². The summed E-state index contributed by atoms with van der Waals surface area (Å²) in [6, 6.07) is -0.375. The molecule has 1 rings (SSSR count). The maximum absolute atomic E-state index is 12.3. The van der Waals surface area contributed by atoms with Gasteiger partial charge in [-0.1, -0.05) is 0 Å². The van der Waals surface area contributed by atoms with Gasteiger partial charge in [0.05, 0.1) is 0 Å². The van der Waals surface area contributed by atoms with E-state index in [1.54, 1.807) is 0 Å². The molecule has 0 amide bonds. The fourth-order valence-electron chi connectivity index (χ4n) is 0.819. The molecule has 0 bridgehead atoms. The molecular weight excluding hydrogens is 106 g/mol. The second-order valence-corrected chi connectivity index (χ2v) is 2.13. The molecule has 1 heterocycles. The summed E-state index contributed by atoms with van der Waals surface area (Å²) in [6.07, 6.45) is -0.931. The quantitative estimate of drug-likeness (QED) is 0.411. The van der Waals surface area contributed by atoms with Crippen LogP contribution in [0, 0.1) is 0 Å². The van der Waals surface area contributed by atoms with E-state index in [1.807, 2.05) is 0 Å². The third kappa shape index (κ3) is 1.01. The Morgan fingerprint density at radius 3 is 2.38 bits per heavy atom. The number of hydrogen-bond acceptors (Lipinski definition) is 2. The van der Waals surface area contributed by atoms with Crippen molar-refractivity contribution in [1.82, 2.24) is 4.81 Å². The van der Waals surface area contributed by atoms with E-state index in [1.165, 1.54) is 4.81 Å². The van der Waals surface area contributed by atoms with Crippen LogP contribution in [-0.4, -0.2) is 38.1 Å². The average molecular weight is 114 g/mol. The molecule has 2 radical (unpaired) electrons. The first-order chi connectivity index (χ1) is 3.70. The minimum atomic E-state index is -0.931. The van der Waals surface area contributed by atoms with Crippen molar-refractivity contribution in [3.63, 3.8) is 0 Å². The first kappa shape index (κ1) is 6.04. The van der Waals surface area contributed by atoms with Gasteiger partial charge in [0.2, 0.25) is 0 Å². The lowest BCUT2D eigenvalue weighted by Crippen LogP contribution is -2.30. The minimum Gasteiger partial charge on any atom is -0.350 e. The smallest absolute Gasteiger partial charge is 0.182 e. The highest BCUT2D eigenvalue weighted by atomic mass is 19.1. The van der Waals surface area contributed by atoms with Gasteiger partial charge < -0.3 is 10.5 Å². The van der Waals surface area contributed by atoms with E-state index in [0.29, 0.717) is 6.54 Å². The largest absolute Gasteiger partial charge is 0.350 e. The Morgan fingerprint density at radius 1 is 1.62 bits per heavy atom. The second-order valence-electron chi connectivity index (χ2n) is 2.13. The van der Waals surface area contributed by atoms with Gasteiger partial charge in [-0.3, -0.25) is 0 Å². The molecule has 4 heteroatoms. The van der Waals surface area contributed by atoms with Crippen LogP contribution in [0.5, 0.6) is 0 Å².